The lowest BCUT2D eigenvalue weighted by atomic mass is 9.73. The van der Waals surface area contributed by atoms with Gasteiger partial charge in [-0.25, -0.2) is 9.18 Å². The number of rotatable bonds is 8. The molecule has 0 saturated heterocycles. The van der Waals surface area contributed by atoms with Crippen molar-refractivity contribution in [3.05, 3.63) is 93.8 Å². The standard InChI is InChI=1S/C27H27ClFNO4/c1-26(2,23-12-20(29)6-9-24(23)31)15-27(33,13-17-4-3-5-19(28)10-17)16-30-21-7-8-22-18(11-21)14-34-25(22)32/h3-12,30-31,33H,13-16H2,1-2H3. The van der Waals surface area contributed by atoms with Crippen molar-refractivity contribution < 1.29 is 24.1 Å². The van der Waals surface area contributed by atoms with E-state index in [2.05, 4.69) is 5.32 Å². The number of fused-ring (bicyclic) bond motifs is 1. The van der Waals surface area contributed by atoms with Crippen molar-refractivity contribution in [2.45, 2.75) is 44.3 Å². The number of hydrogen-bond donors (Lipinski definition) is 3. The fourth-order valence-electron chi connectivity index (χ4n) is 4.69. The molecular weight excluding hydrogens is 457 g/mol. The molecule has 1 aliphatic heterocycles. The van der Waals surface area contributed by atoms with Crippen molar-refractivity contribution in [2.75, 3.05) is 11.9 Å². The van der Waals surface area contributed by atoms with E-state index in [0.29, 0.717) is 16.1 Å². The normalized spacial score (nSPS) is 14.9. The molecule has 0 spiro atoms. The Morgan fingerprint density at radius 3 is 2.68 bits per heavy atom. The van der Waals surface area contributed by atoms with Crippen LogP contribution in [-0.2, 0) is 23.2 Å². The molecule has 0 fully saturated rings. The molecular formula is C27H27ClFNO4. The van der Waals surface area contributed by atoms with Gasteiger partial charge in [-0.05, 0) is 65.9 Å². The highest BCUT2D eigenvalue weighted by Crippen LogP contribution is 2.39. The molecule has 4 rings (SSSR count). The monoisotopic (exact) mass is 483 g/mol. The van der Waals surface area contributed by atoms with Crippen LogP contribution in [0.5, 0.6) is 5.75 Å². The maximum Gasteiger partial charge on any atom is 0.338 e. The third-order valence-electron chi connectivity index (χ3n) is 6.19. The Hall–Kier alpha value is -3.09. The van der Waals surface area contributed by atoms with Gasteiger partial charge in [-0.2, -0.15) is 0 Å². The van der Waals surface area contributed by atoms with Crippen LogP contribution in [0.1, 0.15) is 47.3 Å². The molecule has 5 nitrogen and oxygen atoms in total. The molecule has 178 valence electrons. The van der Waals surface area contributed by atoms with Gasteiger partial charge in [-0.3, -0.25) is 0 Å². The second kappa shape index (κ2) is 9.28. The predicted octanol–water partition coefficient (Wildman–Crippen LogP) is 5.61. The quantitative estimate of drug-likeness (QED) is 0.363. The lowest BCUT2D eigenvalue weighted by Gasteiger charge is -2.37. The molecule has 3 N–H and O–H groups in total. The number of aromatic hydroxyl groups is 1. The minimum atomic E-state index is -1.28. The largest absolute Gasteiger partial charge is 0.508 e. The maximum atomic E-state index is 14.0. The summed E-state index contributed by atoms with van der Waals surface area (Å²) in [6.07, 6.45) is 0.510. The Labute approximate surface area is 203 Å². The number of esters is 1. The summed E-state index contributed by atoms with van der Waals surface area (Å²) in [6.45, 7) is 4.13. The lowest BCUT2D eigenvalue weighted by molar-refractivity contribution is 0.0253. The summed E-state index contributed by atoms with van der Waals surface area (Å²) in [6, 6.07) is 16.4. The Morgan fingerprint density at radius 1 is 1.12 bits per heavy atom. The van der Waals surface area contributed by atoms with Crippen molar-refractivity contribution in [2.24, 2.45) is 0 Å². The fourth-order valence-corrected chi connectivity index (χ4v) is 4.91. The molecule has 1 aliphatic rings. The second-order valence-corrected chi connectivity index (χ2v) is 9.99. The third-order valence-corrected chi connectivity index (χ3v) is 6.42. The Morgan fingerprint density at radius 2 is 1.91 bits per heavy atom. The average molecular weight is 484 g/mol. The number of carbonyl (C=O) groups is 1. The van der Waals surface area contributed by atoms with Crippen LogP contribution in [-0.4, -0.2) is 28.3 Å². The number of benzene rings is 3. The van der Waals surface area contributed by atoms with Crippen LogP contribution in [0.25, 0.3) is 0 Å². The molecule has 34 heavy (non-hydrogen) atoms. The summed E-state index contributed by atoms with van der Waals surface area (Å²) < 4.78 is 19.0. The van der Waals surface area contributed by atoms with Crippen LogP contribution in [0.3, 0.4) is 0 Å². The number of anilines is 1. The van der Waals surface area contributed by atoms with Crippen LogP contribution < -0.4 is 5.32 Å². The van der Waals surface area contributed by atoms with Gasteiger partial charge in [0.15, 0.2) is 0 Å². The first-order chi connectivity index (χ1) is 16.0. The van der Waals surface area contributed by atoms with Gasteiger partial charge in [-0.15, -0.1) is 0 Å². The highest BCUT2D eigenvalue weighted by molar-refractivity contribution is 6.30. The molecule has 0 aromatic heterocycles. The molecule has 7 heteroatoms. The summed E-state index contributed by atoms with van der Waals surface area (Å²) in [5.41, 5.74) is 1.32. The van der Waals surface area contributed by atoms with Gasteiger partial charge < -0.3 is 20.3 Å². The molecule has 0 aliphatic carbocycles. The average Bonchev–Trinajstić information content (AvgIpc) is 3.14. The molecule has 1 heterocycles. The van der Waals surface area contributed by atoms with Gasteiger partial charge in [-0.1, -0.05) is 37.6 Å². The van der Waals surface area contributed by atoms with Crippen LogP contribution in [0.4, 0.5) is 10.1 Å². The van der Waals surface area contributed by atoms with Gasteiger partial charge in [0, 0.05) is 34.8 Å². The van der Waals surface area contributed by atoms with Crippen molar-refractivity contribution in [3.8, 4) is 5.75 Å². The van der Waals surface area contributed by atoms with E-state index in [1.165, 1.54) is 18.2 Å². The SMILES string of the molecule is CC(C)(CC(O)(CNc1ccc2c(c1)COC2=O)Cc1cccc(Cl)c1)c1cc(F)ccc1O. The van der Waals surface area contributed by atoms with E-state index < -0.39 is 16.8 Å². The molecule has 0 radical (unpaired) electrons. The van der Waals surface area contributed by atoms with E-state index in [9.17, 15) is 19.4 Å². The van der Waals surface area contributed by atoms with Crippen molar-refractivity contribution in [1.82, 2.24) is 0 Å². The van der Waals surface area contributed by atoms with Gasteiger partial charge in [0.2, 0.25) is 0 Å². The summed E-state index contributed by atoms with van der Waals surface area (Å²) >= 11 is 6.17. The highest BCUT2D eigenvalue weighted by Gasteiger charge is 2.37. The number of aliphatic hydroxyl groups is 1. The number of halogens is 2. The van der Waals surface area contributed by atoms with E-state index in [0.717, 1.165) is 16.8 Å². The third kappa shape index (κ3) is 5.34. The first-order valence-corrected chi connectivity index (χ1v) is 11.4. The molecule has 0 saturated carbocycles. The Bertz CT molecular complexity index is 1230. The molecule has 0 amide bonds. The lowest BCUT2D eigenvalue weighted by Crippen LogP contribution is -2.44. The molecule has 0 bridgehead atoms. The predicted molar refractivity (Wildman–Crippen MR) is 130 cm³/mol. The number of phenolic OH excluding ortho intramolecular Hbond substituents is 1. The summed E-state index contributed by atoms with van der Waals surface area (Å²) in [5.74, 6) is -0.810. The Balaban J connectivity index is 1.61. The molecule has 3 aromatic rings. The van der Waals surface area contributed by atoms with E-state index >= 15 is 0 Å². The topological polar surface area (TPSA) is 78.8 Å². The van der Waals surface area contributed by atoms with Gasteiger partial charge in [0.25, 0.3) is 0 Å². The van der Waals surface area contributed by atoms with Crippen molar-refractivity contribution in [1.29, 1.82) is 0 Å². The highest BCUT2D eigenvalue weighted by atomic mass is 35.5. The summed E-state index contributed by atoms with van der Waals surface area (Å²) in [5, 5.41) is 26.1. The first-order valence-electron chi connectivity index (χ1n) is 11.0. The number of phenols is 1. The smallest absolute Gasteiger partial charge is 0.338 e. The fraction of sp³-hybridized carbons (Fsp3) is 0.296. The van der Waals surface area contributed by atoms with Crippen LogP contribution >= 0.6 is 11.6 Å². The minimum Gasteiger partial charge on any atom is -0.508 e. The van der Waals surface area contributed by atoms with Crippen LogP contribution in [0, 0.1) is 5.82 Å². The van der Waals surface area contributed by atoms with Gasteiger partial charge in [0.05, 0.1) is 11.2 Å². The Kier molecular flexibility index (Phi) is 6.56. The van der Waals surface area contributed by atoms with E-state index in [4.69, 9.17) is 16.3 Å². The first kappa shape index (κ1) is 24.0. The van der Waals surface area contributed by atoms with Gasteiger partial charge >= 0.3 is 5.97 Å². The summed E-state index contributed by atoms with van der Waals surface area (Å²) in [4.78, 5) is 11.7. The number of hydrogen-bond acceptors (Lipinski definition) is 5. The zero-order valence-corrected chi connectivity index (χ0v) is 19.8. The molecule has 1 unspecified atom stereocenters. The zero-order chi connectivity index (χ0) is 24.5. The maximum absolute atomic E-state index is 14.0. The number of nitrogens with one attached hydrogen (secondary N) is 1. The second-order valence-electron chi connectivity index (χ2n) is 9.55. The van der Waals surface area contributed by atoms with E-state index in [1.807, 2.05) is 32.0 Å². The van der Waals surface area contributed by atoms with E-state index in [1.54, 1.807) is 24.3 Å². The number of ether oxygens (including phenoxy) is 1. The number of carbonyl (C=O) groups excluding carboxylic acids is 1. The summed E-state index contributed by atoms with van der Waals surface area (Å²) in [7, 11) is 0. The van der Waals surface area contributed by atoms with Gasteiger partial charge in [0.1, 0.15) is 18.2 Å². The van der Waals surface area contributed by atoms with Crippen molar-refractivity contribution in [3.63, 3.8) is 0 Å². The molecule has 1 atom stereocenters. The number of cyclic esters (lactones) is 1. The molecule has 3 aromatic carbocycles. The van der Waals surface area contributed by atoms with Crippen LogP contribution in [0.2, 0.25) is 5.02 Å². The minimum absolute atomic E-state index is 0.0206. The van der Waals surface area contributed by atoms with E-state index in [-0.39, 0.29) is 37.7 Å². The zero-order valence-electron chi connectivity index (χ0n) is 19.1. The van der Waals surface area contributed by atoms with Crippen LogP contribution in [0.15, 0.2) is 60.7 Å². The van der Waals surface area contributed by atoms with Crippen molar-refractivity contribution >= 4 is 23.3 Å².